The third-order valence-electron chi connectivity index (χ3n) is 8.57. The fourth-order valence-corrected chi connectivity index (χ4v) is 6.73. The van der Waals surface area contributed by atoms with E-state index < -0.39 is 23.3 Å². The molecule has 218 valence electrons. The minimum Gasteiger partial charge on any atom is -0.489 e. The summed E-state index contributed by atoms with van der Waals surface area (Å²) in [6, 6.07) is 5.45. The van der Waals surface area contributed by atoms with Crippen LogP contribution in [0.5, 0.6) is 5.75 Å². The molecular formula is C29H31ClF3N5O3. The molecule has 8 nitrogen and oxygen atoms in total. The first-order valence-corrected chi connectivity index (χ1v) is 14.0. The monoisotopic (exact) mass is 589 g/mol. The van der Waals surface area contributed by atoms with Crippen molar-refractivity contribution in [1.82, 2.24) is 19.7 Å². The number of carbonyl (C=O) groups is 2. The number of amides is 2. The normalized spacial score (nSPS) is 25.1. The molecule has 3 saturated heterocycles. The van der Waals surface area contributed by atoms with E-state index in [9.17, 15) is 18.4 Å². The van der Waals surface area contributed by atoms with Gasteiger partial charge in [0.25, 0.3) is 11.8 Å². The maximum atomic E-state index is 15.0. The second-order valence-corrected chi connectivity index (χ2v) is 12.2. The number of likely N-dealkylation sites (tertiary alicyclic amines) is 1. The summed E-state index contributed by atoms with van der Waals surface area (Å²) in [5.74, 6) is -3.46. The number of aromatic nitrogens is 1. The van der Waals surface area contributed by atoms with Gasteiger partial charge in [0.15, 0.2) is 5.75 Å². The molecule has 2 aromatic rings. The SMILES string of the molecule is C=CC(=O)N1CCN2C(=O)c3c(N4CC(N5CC(F)(F)C5)CC4(C)C)nc(-c4ccccc4F)c(Cl)c3OC[C@H]2C1. The van der Waals surface area contributed by atoms with Gasteiger partial charge in [0, 0.05) is 43.3 Å². The Morgan fingerprint density at radius 1 is 1.17 bits per heavy atom. The Balaban J connectivity index is 1.46. The maximum absolute atomic E-state index is 15.0. The summed E-state index contributed by atoms with van der Waals surface area (Å²) in [5.41, 5.74) is -0.135. The minimum absolute atomic E-state index is 0.0111. The molecule has 2 atom stereocenters. The summed E-state index contributed by atoms with van der Waals surface area (Å²) in [7, 11) is 0. The lowest BCUT2D eigenvalue weighted by Crippen LogP contribution is -2.60. The molecule has 1 unspecified atom stereocenters. The summed E-state index contributed by atoms with van der Waals surface area (Å²) in [6.07, 6.45) is 1.81. The Morgan fingerprint density at radius 2 is 1.90 bits per heavy atom. The fourth-order valence-electron chi connectivity index (χ4n) is 6.44. The van der Waals surface area contributed by atoms with Gasteiger partial charge in [0.05, 0.1) is 24.8 Å². The van der Waals surface area contributed by atoms with E-state index in [0.29, 0.717) is 19.5 Å². The number of hydrogen-bond acceptors (Lipinski definition) is 6. The highest BCUT2D eigenvalue weighted by Gasteiger charge is 2.52. The lowest BCUT2D eigenvalue weighted by Gasteiger charge is -2.42. The van der Waals surface area contributed by atoms with Gasteiger partial charge in [-0.25, -0.2) is 18.2 Å². The molecule has 1 aromatic heterocycles. The number of halogens is 4. The highest BCUT2D eigenvalue weighted by molar-refractivity contribution is 6.35. The lowest BCUT2D eigenvalue weighted by molar-refractivity contribution is -0.143. The summed E-state index contributed by atoms with van der Waals surface area (Å²) < 4.78 is 48.8. The highest BCUT2D eigenvalue weighted by atomic mass is 35.5. The second kappa shape index (κ2) is 9.90. The number of fused-ring (bicyclic) bond motifs is 2. The van der Waals surface area contributed by atoms with Crippen molar-refractivity contribution >= 4 is 29.2 Å². The zero-order valence-corrected chi connectivity index (χ0v) is 23.6. The molecule has 0 bridgehead atoms. The largest absolute Gasteiger partial charge is 0.489 e. The van der Waals surface area contributed by atoms with E-state index >= 15 is 4.39 Å². The van der Waals surface area contributed by atoms with Crippen molar-refractivity contribution < 1.29 is 27.5 Å². The van der Waals surface area contributed by atoms with Crippen molar-refractivity contribution in [2.24, 2.45) is 0 Å². The van der Waals surface area contributed by atoms with Crippen LogP contribution in [0.3, 0.4) is 0 Å². The Hall–Kier alpha value is -3.31. The third kappa shape index (κ3) is 4.72. The van der Waals surface area contributed by atoms with Gasteiger partial charge in [0.2, 0.25) is 5.91 Å². The molecule has 12 heteroatoms. The van der Waals surface area contributed by atoms with Gasteiger partial charge in [-0.2, -0.15) is 0 Å². The molecule has 0 radical (unpaired) electrons. The number of pyridine rings is 1. The van der Waals surface area contributed by atoms with Gasteiger partial charge in [0.1, 0.15) is 28.8 Å². The van der Waals surface area contributed by atoms with Crippen LogP contribution < -0.4 is 9.64 Å². The molecule has 0 N–H and O–H groups in total. The summed E-state index contributed by atoms with van der Waals surface area (Å²) in [6.45, 7) is 8.14. The minimum atomic E-state index is -2.71. The number of benzene rings is 1. The molecule has 4 aliphatic heterocycles. The van der Waals surface area contributed by atoms with Gasteiger partial charge in [-0.3, -0.25) is 14.5 Å². The molecule has 2 amide bonds. The average Bonchev–Trinajstić information content (AvgIpc) is 3.16. The van der Waals surface area contributed by atoms with Crippen LogP contribution in [-0.2, 0) is 4.79 Å². The van der Waals surface area contributed by atoms with Crippen LogP contribution in [0.1, 0.15) is 30.6 Å². The van der Waals surface area contributed by atoms with Crippen LogP contribution in [0, 0.1) is 5.82 Å². The molecule has 3 fully saturated rings. The topological polar surface area (TPSA) is 69.2 Å². The van der Waals surface area contributed by atoms with Crippen molar-refractivity contribution in [2.75, 3.05) is 50.8 Å². The van der Waals surface area contributed by atoms with E-state index in [1.165, 1.54) is 12.1 Å². The Kier molecular flexibility index (Phi) is 6.73. The van der Waals surface area contributed by atoms with Crippen molar-refractivity contribution in [1.29, 1.82) is 0 Å². The predicted molar refractivity (Wildman–Crippen MR) is 148 cm³/mol. The summed E-state index contributed by atoms with van der Waals surface area (Å²) in [4.78, 5) is 38.4. The van der Waals surface area contributed by atoms with Crippen LogP contribution in [0.25, 0.3) is 11.3 Å². The molecule has 41 heavy (non-hydrogen) atoms. The predicted octanol–water partition coefficient (Wildman–Crippen LogP) is 4.08. The van der Waals surface area contributed by atoms with Gasteiger partial charge < -0.3 is 19.4 Å². The summed E-state index contributed by atoms with van der Waals surface area (Å²) in [5, 5.41) is 0.0111. The molecule has 0 spiro atoms. The lowest BCUT2D eigenvalue weighted by atomic mass is 9.97. The number of hydrogen-bond donors (Lipinski definition) is 0. The van der Waals surface area contributed by atoms with E-state index in [0.717, 1.165) is 0 Å². The van der Waals surface area contributed by atoms with Crippen molar-refractivity contribution in [3.05, 3.63) is 53.3 Å². The van der Waals surface area contributed by atoms with Gasteiger partial charge in [-0.05, 0) is 38.5 Å². The van der Waals surface area contributed by atoms with Gasteiger partial charge in [-0.15, -0.1) is 0 Å². The Bertz CT molecular complexity index is 1430. The fraction of sp³-hybridized carbons (Fsp3) is 0.483. The molecule has 4 aliphatic rings. The molecule has 6 rings (SSSR count). The van der Waals surface area contributed by atoms with E-state index in [1.807, 2.05) is 18.7 Å². The van der Waals surface area contributed by atoms with E-state index in [4.69, 9.17) is 21.3 Å². The molecular weight excluding hydrogens is 559 g/mol. The molecule has 5 heterocycles. The standard InChI is InChI=1S/C29H31ClF3N5O3/c1-4-21(39)35-9-10-37-18(12-35)14-41-25-22(27(37)40)26(34-24(23(25)30)19-7-5-6-8-20(19)31)38-13-17(11-28(38,2)3)36-15-29(32,33)16-36/h4-8,17-18H,1,9-16H2,2-3H3/t17?,18-/m1/s1. The van der Waals surface area contributed by atoms with Crippen LogP contribution >= 0.6 is 11.6 Å². The van der Waals surface area contributed by atoms with Crippen LogP contribution in [-0.4, -0.2) is 101 Å². The highest BCUT2D eigenvalue weighted by Crippen LogP contribution is 2.47. The average molecular weight is 590 g/mol. The Morgan fingerprint density at radius 3 is 2.59 bits per heavy atom. The number of nitrogens with zero attached hydrogens (tertiary/aromatic N) is 5. The maximum Gasteiger partial charge on any atom is 0.272 e. The van der Waals surface area contributed by atoms with Crippen molar-refractivity contribution in [3.63, 3.8) is 0 Å². The van der Waals surface area contributed by atoms with E-state index in [-0.39, 0.29) is 84.1 Å². The van der Waals surface area contributed by atoms with Gasteiger partial charge in [-0.1, -0.05) is 30.3 Å². The Labute approximate surface area is 241 Å². The number of piperazine rings is 1. The van der Waals surface area contributed by atoms with E-state index in [2.05, 4.69) is 6.58 Å². The number of ether oxygens (including phenoxy) is 1. The second-order valence-electron chi connectivity index (χ2n) is 11.8. The molecule has 0 aliphatic carbocycles. The third-order valence-corrected chi connectivity index (χ3v) is 8.92. The van der Waals surface area contributed by atoms with E-state index in [1.54, 1.807) is 32.9 Å². The van der Waals surface area contributed by atoms with Crippen LogP contribution in [0.15, 0.2) is 36.9 Å². The van der Waals surface area contributed by atoms with Gasteiger partial charge >= 0.3 is 0 Å². The summed E-state index contributed by atoms with van der Waals surface area (Å²) >= 11 is 6.85. The number of rotatable bonds is 4. The number of alkyl halides is 2. The first kappa shape index (κ1) is 27.8. The number of anilines is 1. The number of carbonyl (C=O) groups excluding carboxylic acids is 2. The quantitative estimate of drug-likeness (QED) is 0.501. The zero-order valence-electron chi connectivity index (χ0n) is 22.9. The molecule has 0 saturated carbocycles. The first-order chi connectivity index (χ1) is 19.4. The van der Waals surface area contributed by atoms with Crippen molar-refractivity contribution in [2.45, 2.75) is 43.8 Å². The zero-order chi connectivity index (χ0) is 29.3. The van der Waals surface area contributed by atoms with Crippen LogP contribution in [0.4, 0.5) is 19.0 Å². The van der Waals surface area contributed by atoms with Crippen molar-refractivity contribution in [3.8, 4) is 17.0 Å². The molecule has 1 aromatic carbocycles. The van der Waals surface area contributed by atoms with Crippen LogP contribution in [0.2, 0.25) is 5.02 Å². The smallest absolute Gasteiger partial charge is 0.272 e. The first-order valence-electron chi connectivity index (χ1n) is 13.6.